The number of anilines is 1. The van der Waals surface area contributed by atoms with E-state index in [1.165, 1.54) is 23.9 Å². The van der Waals surface area contributed by atoms with Crippen molar-refractivity contribution in [3.63, 3.8) is 0 Å². The predicted octanol–water partition coefficient (Wildman–Crippen LogP) is 1.60. The maximum absolute atomic E-state index is 11.8. The lowest BCUT2D eigenvalue weighted by Crippen LogP contribution is -2.26. The predicted molar refractivity (Wildman–Crippen MR) is 73.7 cm³/mol. The van der Waals surface area contributed by atoms with Crippen LogP contribution in [0.3, 0.4) is 0 Å². The fourth-order valence-corrected chi connectivity index (χ4v) is 2.31. The Kier molecular flexibility index (Phi) is 4.77. The summed E-state index contributed by atoms with van der Waals surface area (Å²) in [5, 5.41) is 16.0. The number of nitrogens with zero attached hydrogens (tertiary/aromatic N) is 2. The molecule has 0 aliphatic heterocycles. The quantitative estimate of drug-likeness (QED) is 0.750. The average Bonchev–Trinajstić information content (AvgIpc) is 3.17. The van der Waals surface area contributed by atoms with Gasteiger partial charge < -0.3 is 10.4 Å². The Bertz CT molecular complexity index is 457. The van der Waals surface area contributed by atoms with Gasteiger partial charge in [0.05, 0.1) is 25.0 Å². The van der Waals surface area contributed by atoms with Crippen LogP contribution in [0.4, 0.5) is 5.69 Å². The first-order valence-electron chi connectivity index (χ1n) is 6.32. The van der Waals surface area contributed by atoms with Crippen LogP contribution in [-0.4, -0.2) is 28.0 Å². The van der Waals surface area contributed by atoms with Crippen molar-refractivity contribution < 1.29 is 5.11 Å². The molecule has 0 spiro atoms. The van der Waals surface area contributed by atoms with Crippen molar-refractivity contribution in [2.45, 2.75) is 32.2 Å². The van der Waals surface area contributed by atoms with Crippen LogP contribution in [0.1, 0.15) is 25.7 Å². The van der Waals surface area contributed by atoms with Gasteiger partial charge >= 0.3 is 0 Å². The summed E-state index contributed by atoms with van der Waals surface area (Å²) in [6, 6.07) is 0. The summed E-state index contributed by atoms with van der Waals surface area (Å²) < 4.78 is 1.73. The summed E-state index contributed by atoms with van der Waals surface area (Å²) in [4.78, 5) is 11.8. The lowest BCUT2D eigenvalue weighted by Gasteiger charge is -2.09. The Morgan fingerprint density at radius 3 is 3.00 bits per heavy atom. The first-order chi connectivity index (χ1) is 8.72. The highest BCUT2D eigenvalue weighted by Crippen LogP contribution is 2.33. The van der Waals surface area contributed by atoms with E-state index < -0.39 is 0 Å². The molecule has 1 aliphatic carbocycles. The zero-order valence-corrected chi connectivity index (χ0v) is 11.8. The van der Waals surface area contributed by atoms with Gasteiger partial charge in [0.1, 0.15) is 4.47 Å². The van der Waals surface area contributed by atoms with E-state index in [2.05, 4.69) is 26.3 Å². The normalized spacial score (nSPS) is 14.8. The third-order valence-corrected chi connectivity index (χ3v) is 3.86. The van der Waals surface area contributed by atoms with Gasteiger partial charge in [-0.2, -0.15) is 5.10 Å². The molecule has 1 heterocycles. The van der Waals surface area contributed by atoms with E-state index in [1.807, 2.05) is 0 Å². The van der Waals surface area contributed by atoms with Gasteiger partial charge in [-0.05, 0) is 34.7 Å². The Morgan fingerprint density at radius 1 is 1.56 bits per heavy atom. The van der Waals surface area contributed by atoms with Gasteiger partial charge in [-0.1, -0.05) is 12.8 Å². The minimum Gasteiger partial charge on any atom is -0.394 e. The molecule has 2 rings (SSSR count). The topological polar surface area (TPSA) is 67.2 Å². The summed E-state index contributed by atoms with van der Waals surface area (Å²) in [5.41, 5.74) is 0.515. The van der Waals surface area contributed by atoms with Crippen LogP contribution in [0.15, 0.2) is 15.5 Å². The second kappa shape index (κ2) is 6.33. The third-order valence-electron chi connectivity index (χ3n) is 3.10. The molecule has 0 saturated heterocycles. The van der Waals surface area contributed by atoms with Crippen molar-refractivity contribution >= 4 is 21.6 Å². The molecule has 1 aliphatic rings. The first-order valence-corrected chi connectivity index (χ1v) is 7.12. The van der Waals surface area contributed by atoms with Crippen molar-refractivity contribution in [3.8, 4) is 0 Å². The Hall–Kier alpha value is -0.880. The van der Waals surface area contributed by atoms with E-state index in [0.29, 0.717) is 4.47 Å². The molecule has 5 nitrogen and oxygen atoms in total. The van der Waals surface area contributed by atoms with Crippen LogP contribution < -0.4 is 10.9 Å². The van der Waals surface area contributed by atoms with E-state index in [4.69, 9.17) is 5.11 Å². The standard InChI is InChI=1S/C12H18BrN3O2/c13-11-10(14-5-1-2-9-3-4-9)8-15-16(6-7-17)12(11)18/h8-9,14,17H,1-7H2. The number of nitrogens with one attached hydrogen (secondary N) is 1. The molecule has 1 aromatic heterocycles. The molecule has 0 bridgehead atoms. The van der Waals surface area contributed by atoms with Gasteiger partial charge in [-0.15, -0.1) is 0 Å². The molecular formula is C12H18BrN3O2. The van der Waals surface area contributed by atoms with Gasteiger partial charge in [0.2, 0.25) is 0 Å². The lowest BCUT2D eigenvalue weighted by molar-refractivity contribution is 0.266. The fourth-order valence-electron chi connectivity index (χ4n) is 1.86. The number of aromatic nitrogens is 2. The molecule has 1 aromatic rings. The number of hydrogen-bond acceptors (Lipinski definition) is 4. The van der Waals surface area contributed by atoms with Gasteiger partial charge in [0.25, 0.3) is 5.56 Å². The molecule has 1 saturated carbocycles. The minimum absolute atomic E-state index is 0.0898. The molecule has 0 amide bonds. The largest absolute Gasteiger partial charge is 0.394 e. The Morgan fingerprint density at radius 2 is 2.33 bits per heavy atom. The van der Waals surface area contributed by atoms with Crippen LogP contribution in [0.5, 0.6) is 0 Å². The smallest absolute Gasteiger partial charge is 0.283 e. The molecule has 0 unspecified atom stereocenters. The fraction of sp³-hybridized carbons (Fsp3) is 0.667. The van der Waals surface area contributed by atoms with Crippen molar-refractivity contribution in [2.75, 3.05) is 18.5 Å². The van der Waals surface area contributed by atoms with E-state index in [0.717, 1.165) is 24.6 Å². The summed E-state index contributed by atoms with van der Waals surface area (Å²) >= 11 is 3.28. The van der Waals surface area contributed by atoms with E-state index in [9.17, 15) is 4.79 Å². The van der Waals surface area contributed by atoms with Crippen molar-refractivity contribution in [1.82, 2.24) is 9.78 Å². The zero-order chi connectivity index (χ0) is 13.0. The number of rotatable bonds is 7. The number of halogens is 1. The van der Waals surface area contributed by atoms with Crippen LogP contribution in [-0.2, 0) is 6.54 Å². The van der Waals surface area contributed by atoms with Crippen LogP contribution in [0.2, 0.25) is 0 Å². The molecule has 18 heavy (non-hydrogen) atoms. The molecular weight excluding hydrogens is 298 g/mol. The van der Waals surface area contributed by atoms with Gasteiger partial charge in [0.15, 0.2) is 0 Å². The molecule has 2 N–H and O–H groups in total. The van der Waals surface area contributed by atoms with Crippen LogP contribution in [0.25, 0.3) is 0 Å². The van der Waals surface area contributed by atoms with Crippen LogP contribution >= 0.6 is 15.9 Å². The summed E-state index contributed by atoms with van der Waals surface area (Å²) in [7, 11) is 0. The monoisotopic (exact) mass is 315 g/mol. The van der Waals surface area contributed by atoms with Gasteiger partial charge in [-0.25, -0.2) is 4.68 Å². The lowest BCUT2D eigenvalue weighted by atomic mass is 10.2. The molecule has 0 radical (unpaired) electrons. The number of aliphatic hydroxyl groups excluding tert-OH is 1. The van der Waals surface area contributed by atoms with Crippen molar-refractivity contribution in [2.24, 2.45) is 5.92 Å². The maximum atomic E-state index is 11.8. The SMILES string of the molecule is O=c1c(Br)c(NCCCC2CC2)cnn1CCO. The van der Waals surface area contributed by atoms with Crippen molar-refractivity contribution in [1.29, 1.82) is 0 Å². The average molecular weight is 316 g/mol. The summed E-state index contributed by atoms with van der Waals surface area (Å²) in [6.45, 7) is 0.993. The molecule has 100 valence electrons. The maximum Gasteiger partial charge on any atom is 0.283 e. The summed E-state index contributed by atoms with van der Waals surface area (Å²) in [6.07, 6.45) is 6.76. The highest BCUT2D eigenvalue weighted by atomic mass is 79.9. The van der Waals surface area contributed by atoms with E-state index in [-0.39, 0.29) is 18.7 Å². The molecule has 6 heteroatoms. The third kappa shape index (κ3) is 3.55. The zero-order valence-electron chi connectivity index (χ0n) is 10.2. The van der Waals surface area contributed by atoms with E-state index >= 15 is 0 Å². The Labute approximate surface area is 114 Å². The minimum atomic E-state index is -0.212. The van der Waals surface area contributed by atoms with Crippen molar-refractivity contribution in [3.05, 3.63) is 21.0 Å². The van der Waals surface area contributed by atoms with Gasteiger partial charge in [-0.3, -0.25) is 4.79 Å². The highest BCUT2D eigenvalue weighted by Gasteiger charge is 2.20. The second-order valence-corrected chi connectivity index (χ2v) is 5.43. The second-order valence-electron chi connectivity index (χ2n) is 4.64. The Balaban J connectivity index is 1.91. The molecule has 0 aromatic carbocycles. The van der Waals surface area contributed by atoms with Gasteiger partial charge in [0, 0.05) is 6.54 Å². The summed E-state index contributed by atoms with van der Waals surface area (Å²) in [5.74, 6) is 0.936. The number of aliphatic hydroxyl groups is 1. The van der Waals surface area contributed by atoms with Crippen LogP contribution in [0, 0.1) is 5.92 Å². The number of hydrogen-bond donors (Lipinski definition) is 2. The first kappa shape index (κ1) is 13.5. The highest BCUT2D eigenvalue weighted by molar-refractivity contribution is 9.10. The van der Waals surface area contributed by atoms with E-state index in [1.54, 1.807) is 6.20 Å². The molecule has 1 fully saturated rings. The molecule has 0 atom stereocenters.